The van der Waals surface area contributed by atoms with Crippen molar-refractivity contribution >= 4 is 17.3 Å². The predicted octanol–water partition coefficient (Wildman–Crippen LogP) is 3.27. The van der Waals surface area contributed by atoms with Crippen molar-refractivity contribution < 1.29 is 9.72 Å². The molecule has 0 radical (unpaired) electrons. The van der Waals surface area contributed by atoms with Crippen LogP contribution in [-0.2, 0) is 4.79 Å². The maximum atomic E-state index is 12.2. The molecule has 2 N–H and O–H groups in total. The van der Waals surface area contributed by atoms with Crippen molar-refractivity contribution in [2.45, 2.75) is 46.1 Å². The van der Waals surface area contributed by atoms with Crippen LogP contribution in [0.25, 0.3) is 0 Å². The van der Waals surface area contributed by atoms with Crippen molar-refractivity contribution in [3.05, 3.63) is 34.4 Å². The molecule has 0 aromatic heterocycles. The van der Waals surface area contributed by atoms with Gasteiger partial charge in [-0.1, -0.05) is 32.9 Å². The number of para-hydroxylation sites is 2. The number of nitro groups is 1. The largest absolute Gasteiger partial charge is 0.379 e. The number of nitrogens with zero attached hydrogens (tertiary/aromatic N) is 2. The molecular weight excluding hydrogens is 344 g/mol. The lowest BCUT2D eigenvalue weighted by atomic mass is 9.94. The molecule has 1 atom stereocenters. The molecule has 1 amide bonds. The molecule has 1 heterocycles. The summed E-state index contributed by atoms with van der Waals surface area (Å²) in [6, 6.07) is 6.83. The number of benzene rings is 1. The fourth-order valence-corrected chi connectivity index (χ4v) is 3.55. The van der Waals surface area contributed by atoms with Gasteiger partial charge >= 0.3 is 0 Å². The number of likely N-dealkylation sites (tertiary alicyclic amines) is 1. The van der Waals surface area contributed by atoms with Gasteiger partial charge in [-0.15, -0.1) is 0 Å². The summed E-state index contributed by atoms with van der Waals surface area (Å²) in [7, 11) is 0. The van der Waals surface area contributed by atoms with Gasteiger partial charge in [0.25, 0.3) is 5.69 Å². The van der Waals surface area contributed by atoms with Crippen LogP contribution in [0.15, 0.2) is 24.3 Å². The van der Waals surface area contributed by atoms with Gasteiger partial charge in [0.2, 0.25) is 5.91 Å². The van der Waals surface area contributed by atoms with E-state index in [1.807, 2.05) is 0 Å². The van der Waals surface area contributed by atoms with E-state index in [2.05, 4.69) is 36.3 Å². The Hall–Kier alpha value is -2.15. The van der Waals surface area contributed by atoms with Gasteiger partial charge < -0.3 is 10.6 Å². The lowest BCUT2D eigenvalue weighted by Gasteiger charge is -2.38. The molecule has 1 unspecified atom stereocenters. The van der Waals surface area contributed by atoms with Gasteiger partial charge in [-0.3, -0.25) is 19.8 Å². The third-order valence-electron chi connectivity index (χ3n) is 5.33. The second-order valence-electron chi connectivity index (χ2n) is 7.78. The third kappa shape index (κ3) is 6.50. The summed E-state index contributed by atoms with van der Waals surface area (Å²) < 4.78 is 0. The minimum absolute atomic E-state index is 0.0251. The molecule has 27 heavy (non-hydrogen) atoms. The number of amides is 1. The zero-order valence-electron chi connectivity index (χ0n) is 16.6. The van der Waals surface area contributed by atoms with Crippen molar-refractivity contribution in [2.75, 3.05) is 31.5 Å². The Morgan fingerprint density at radius 3 is 2.59 bits per heavy atom. The van der Waals surface area contributed by atoms with Crippen LogP contribution in [0.1, 0.15) is 40.0 Å². The molecule has 0 aliphatic carbocycles. The Kier molecular flexibility index (Phi) is 8.03. The summed E-state index contributed by atoms with van der Waals surface area (Å²) in [6.07, 6.45) is 2.72. The SMILES string of the molecule is CC1CCN(C(CNC(=O)CCNc2ccccc2[N+](=O)[O-])C(C)C)CC1. The molecule has 150 valence electrons. The van der Waals surface area contributed by atoms with Crippen LogP contribution in [0.5, 0.6) is 0 Å². The Balaban J connectivity index is 1.77. The first-order valence-electron chi connectivity index (χ1n) is 9.86. The summed E-state index contributed by atoms with van der Waals surface area (Å²) >= 11 is 0. The standard InChI is InChI=1S/C20H32N4O3/c1-15(2)19(23-12-9-16(3)10-13-23)14-22-20(25)8-11-21-17-6-4-5-7-18(17)24(26)27/h4-7,15-16,19,21H,8-14H2,1-3H3,(H,22,25). The van der Waals surface area contributed by atoms with Gasteiger partial charge in [0.05, 0.1) is 4.92 Å². The Morgan fingerprint density at radius 1 is 1.30 bits per heavy atom. The van der Waals surface area contributed by atoms with Crippen molar-refractivity contribution in [3.8, 4) is 0 Å². The number of hydrogen-bond donors (Lipinski definition) is 2. The number of rotatable bonds is 9. The highest BCUT2D eigenvalue weighted by molar-refractivity contribution is 5.76. The van der Waals surface area contributed by atoms with E-state index in [4.69, 9.17) is 0 Å². The summed E-state index contributed by atoms with van der Waals surface area (Å²) in [5.41, 5.74) is 0.468. The molecule has 1 saturated heterocycles. The van der Waals surface area contributed by atoms with Crippen LogP contribution >= 0.6 is 0 Å². The van der Waals surface area contributed by atoms with Crippen molar-refractivity contribution in [3.63, 3.8) is 0 Å². The fraction of sp³-hybridized carbons (Fsp3) is 0.650. The van der Waals surface area contributed by atoms with E-state index >= 15 is 0 Å². The minimum Gasteiger partial charge on any atom is -0.379 e. The van der Waals surface area contributed by atoms with Crippen LogP contribution in [0.2, 0.25) is 0 Å². The molecule has 7 nitrogen and oxygen atoms in total. The lowest BCUT2D eigenvalue weighted by molar-refractivity contribution is -0.384. The van der Waals surface area contributed by atoms with Gasteiger partial charge in [0.1, 0.15) is 5.69 Å². The van der Waals surface area contributed by atoms with Crippen LogP contribution in [-0.4, -0.2) is 48.0 Å². The van der Waals surface area contributed by atoms with Gasteiger partial charge in [-0.2, -0.15) is 0 Å². The quantitative estimate of drug-likeness (QED) is 0.510. The van der Waals surface area contributed by atoms with Crippen molar-refractivity contribution in [2.24, 2.45) is 11.8 Å². The molecule has 1 aliphatic heterocycles. The van der Waals surface area contributed by atoms with E-state index in [-0.39, 0.29) is 18.0 Å². The van der Waals surface area contributed by atoms with E-state index in [9.17, 15) is 14.9 Å². The smallest absolute Gasteiger partial charge is 0.292 e. The van der Waals surface area contributed by atoms with Gasteiger partial charge in [-0.05, 0) is 43.8 Å². The molecule has 1 aromatic carbocycles. The first-order chi connectivity index (χ1) is 12.9. The molecule has 0 saturated carbocycles. The maximum Gasteiger partial charge on any atom is 0.292 e. The highest BCUT2D eigenvalue weighted by Crippen LogP contribution is 2.23. The molecule has 1 aliphatic rings. The topological polar surface area (TPSA) is 87.5 Å². The highest BCUT2D eigenvalue weighted by atomic mass is 16.6. The lowest BCUT2D eigenvalue weighted by Crippen LogP contribution is -2.49. The molecule has 0 spiro atoms. The van der Waals surface area contributed by atoms with E-state index < -0.39 is 4.92 Å². The molecule has 0 bridgehead atoms. The van der Waals surface area contributed by atoms with E-state index in [1.165, 1.54) is 18.9 Å². The summed E-state index contributed by atoms with van der Waals surface area (Å²) in [6.45, 7) is 9.91. The van der Waals surface area contributed by atoms with Gasteiger partial charge in [-0.25, -0.2) is 0 Å². The minimum atomic E-state index is -0.422. The molecule has 1 fully saturated rings. The first kappa shape index (κ1) is 21.2. The number of carbonyl (C=O) groups is 1. The van der Waals surface area contributed by atoms with E-state index in [0.717, 1.165) is 19.0 Å². The first-order valence-corrected chi connectivity index (χ1v) is 9.86. The monoisotopic (exact) mass is 376 g/mol. The normalized spacial score (nSPS) is 16.9. The van der Waals surface area contributed by atoms with E-state index in [0.29, 0.717) is 30.7 Å². The second-order valence-corrected chi connectivity index (χ2v) is 7.78. The van der Waals surface area contributed by atoms with Crippen LogP contribution in [0, 0.1) is 22.0 Å². The molecule has 1 aromatic rings. The second kappa shape index (κ2) is 10.3. The zero-order chi connectivity index (χ0) is 19.8. The summed E-state index contributed by atoms with van der Waals surface area (Å²) in [5.74, 6) is 1.23. The maximum absolute atomic E-state index is 12.2. The highest BCUT2D eigenvalue weighted by Gasteiger charge is 2.25. The average molecular weight is 377 g/mol. The Labute approximate surface area is 161 Å². The Bertz CT molecular complexity index is 627. The van der Waals surface area contributed by atoms with Crippen LogP contribution in [0.4, 0.5) is 11.4 Å². The van der Waals surface area contributed by atoms with Crippen molar-refractivity contribution in [1.82, 2.24) is 10.2 Å². The number of anilines is 1. The number of piperidine rings is 1. The third-order valence-corrected chi connectivity index (χ3v) is 5.33. The van der Waals surface area contributed by atoms with Gasteiger partial charge in [0.15, 0.2) is 0 Å². The van der Waals surface area contributed by atoms with Crippen LogP contribution in [0.3, 0.4) is 0 Å². The Morgan fingerprint density at radius 2 is 1.96 bits per heavy atom. The fourth-order valence-electron chi connectivity index (χ4n) is 3.55. The van der Waals surface area contributed by atoms with Crippen LogP contribution < -0.4 is 10.6 Å². The number of nitrogens with one attached hydrogen (secondary N) is 2. The average Bonchev–Trinajstić information content (AvgIpc) is 2.63. The predicted molar refractivity (Wildman–Crippen MR) is 108 cm³/mol. The van der Waals surface area contributed by atoms with Gasteiger partial charge in [0, 0.05) is 31.6 Å². The van der Waals surface area contributed by atoms with E-state index in [1.54, 1.807) is 18.2 Å². The summed E-state index contributed by atoms with van der Waals surface area (Å²) in [4.78, 5) is 25.3. The molecule has 2 rings (SSSR count). The molecule has 7 heteroatoms. The van der Waals surface area contributed by atoms with Crippen molar-refractivity contribution in [1.29, 1.82) is 0 Å². The zero-order valence-corrected chi connectivity index (χ0v) is 16.6. The number of carbonyl (C=O) groups excluding carboxylic acids is 1. The number of hydrogen-bond acceptors (Lipinski definition) is 5. The molecular formula is C20H32N4O3. The number of nitro benzene ring substituents is 1. The summed E-state index contributed by atoms with van der Waals surface area (Å²) in [5, 5.41) is 17.0.